The van der Waals surface area contributed by atoms with Crippen LogP contribution in [0.5, 0.6) is 0 Å². The fraction of sp³-hybridized carbons (Fsp3) is 0.529. The first-order valence-electron chi connectivity index (χ1n) is 7.33. The molecule has 1 saturated carbocycles. The lowest BCUT2D eigenvalue weighted by molar-refractivity contribution is 0.307. The molecule has 5 unspecified atom stereocenters. The third-order valence-electron chi connectivity index (χ3n) is 4.86. The minimum atomic E-state index is -0.165. The van der Waals surface area contributed by atoms with E-state index < -0.39 is 0 Å². The first-order valence-corrected chi connectivity index (χ1v) is 7.33. The number of benzene rings is 1. The zero-order chi connectivity index (χ0) is 13.4. The molecule has 2 bridgehead atoms. The largest absolute Gasteiger partial charge is 0.307 e. The molecule has 3 rings (SSSR count). The van der Waals surface area contributed by atoms with Crippen molar-refractivity contribution in [3.8, 4) is 0 Å². The average Bonchev–Trinajstić information content (AvgIpc) is 3.01. The highest BCUT2D eigenvalue weighted by atomic mass is 19.1. The van der Waals surface area contributed by atoms with Crippen LogP contribution in [0, 0.1) is 23.6 Å². The Kier molecular flexibility index (Phi) is 3.44. The highest BCUT2D eigenvalue weighted by Gasteiger charge is 2.38. The summed E-state index contributed by atoms with van der Waals surface area (Å²) in [4.78, 5) is 0. The van der Waals surface area contributed by atoms with Crippen LogP contribution in [0.1, 0.15) is 38.3 Å². The molecule has 1 fully saturated rings. The van der Waals surface area contributed by atoms with Crippen molar-refractivity contribution in [3.63, 3.8) is 0 Å². The van der Waals surface area contributed by atoms with E-state index in [1.807, 2.05) is 12.1 Å². The second-order valence-corrected chi connectivity index (χ2v) is 6.17. The van der Waals surface area contributed by atoms with Gasteiger partial charge in [-0.25, -0.2) is 4.39 Å². The van der Waals surface area contributed by atoms with Crippen molar-refractivity contribution < 1.29 is 4.39 Å². The normalized spacial score (nSPS) is 31.6. The van der Waals surface area contributed by atoms with Gasteiger partial charge in [-0.05, 0) is 62.1 Å². The fourth-order valence-corrected chi connectivity index (χ4v) is 3.76. The van der Waals surface area contributed by atoms with Gasteiger partial charge >= 0.3 is 0 Å². The van der Waals surface area contributed by atoms with Crippen LogP contribution in [-0.4, -0.2) is 6.04 Å². The lowest BCUT2D eigenvalue weighted by atomic mass is 9.87. The lowest BCUT2D eigenvalue weighted by Gasteiger charge is -2.29. The summed E-state index contributed by atoms with van der Waals surface area (Å²) in [6, 6.07) is 7.62. The zero-order valence-electron chi connectivity index (χ0n) is 11.6. The lowest BCUT2D eigenvalue weighted by Crippen LogP contribution is -2.37. The number of halogens is 1. The predicted molar refractivity (Wildman–Crippen MR) is 76.3 cm³/mol. The highest BCUT2D eigenvalue weighted by Crippen LogP contribution is 2.45. The Labute approximate surface area is 114 Å². The van der Waals surface area contributed by atoms with Gasteiger partial charge in [-0.15, -0.1) is 0 Å². The summed E-state index contributed by atoms with van der Waals surface area (Å²) in [6.07, 6.45) is 7.46. The van der Waals surface area contributed by atoms with Gasteiger partial charge in [0.15, 0.2) is 0 Å². The van der Waals surface area contributed by atoms with E-state index in [2.05, 4.69) is 31.3 Å². The summed E-state index contributed by atoms with van der Waals surface area (Å²) in [7, 11) is 0. The first kappa shape index (κ1) is 12.9. The smallest absolute Gasteiger partial charge is 0.123 e. The second kappa shape index (κ2) is 5.09. The van der Waals surface area contributed by atoms with E-state index >= 15 is 0 Å². The minimum absolute atomic E-state index is 0.165. The SMILES string of the molecule is CC(NC(C)C1CC2C=CC1C2)c1ccc(F)cc1. The third-order valence-corrected chi connectivity index (χ3v) is 4.86. The quantitative estimate of drug-likeness (QED) is 0.803. The van der Waals surface area contributed by atoms with Crippen LogP contribution in [0.4, 0.5) is 4.39 Å². The summed E-state index contributed by atoms with van der Waals surface area (Å²) < 4.78 is 12.9. The zero-order valence-corrected chi connectivity index (χ0v) is 11.6. The predicted octanol–water partition coefficient (Wildman–Crippen LogP) is 4.08. The first-order chi connectivity index (χ1) is 9.13. The van der Waals surface area contributed by atoms with E-state index in [0.29, 0.717) is 6.04 Å². The van der Waals surface area contributed by atoms with Gasteiger partial charge < -0.3 is 5.32 Å². The number of hydrogen-bond acceptors (Lipinski definition) is 1. The van der Waals surface area contributed by atoms with Crippen LogP contribution >= 0.6 is 0 Å². The maximum atomic E-state index is 12.9. The Morgan fingerprint density at radius 2 is 1.84 bits per heavy atom. The van der Waals surface area contributed by atoms with Crippen LogP contribution in [0.15, 0.2) is 36.4 Å². The van der Waals surface area contributed by atoms with Gasteiger partial charge in [-0.1, -0.05) is 24.3 Å². The molecule has 1 N–H and O–H groups in total. The van der Waals surface area contributed by atoms with E-state index in [1.165, 1.54) is 12.8 Å². The fourth-order valence-electron chi connectivity index (χ4n) is 3.76. The molecule has 0 saturated heterocycles. The molecule has 5 atom stereocenters. The Hall–Kier alpha value is -1.15. The van der Waals surface area contributed by atoms with Crippen molar-refractivity contribution in [1.82, 2.24) is 5.32 Å². The molecule has 1 aromatic rings. The van der Waals surface area contributed by atoms with Crippen molar-refractivity contribution in [2.75, 3.05) is 0 Å². The monoisotopic (exact) mass is 259 g/mol. The van der Waals surface area contributed by atoms with E-state index in [-0.39, 0.29) is 11.9 Å². The Bertz CT molecular complexity index is 465. The summed E-state index contributed by atoms with van der Waals surface area (Å²) in [5, 5.41) is 3.69. The third kappa shape index (κ3) is 2.59. The van der Waals surface area contributed by atoms with Crippen LogP contribution in [0.3, 0.4) is 0 Å². The van der Waals surface area contributed by atoms with Crippen LogP contribution in [0.2, 0.25) is 0 Å². The number of allylic oxidation sites excluding steroid dienone is 2. The number of fused-ring (bicyclic) bond motifs is 2. The van der Waals surface area contributed by atoms with Crippen LogP contribution in [0.25, 0.3) is 0 Å². The van der Waals surface area contributed by atoms with Crippen molar-refractivity contribution >= 4 is 0 Å². The maximum absolute atomic E-state index is 12.9. The molecular weight excluding hydrogens is 237 g/mol. The summed E-state index contributed by atoms with van der Waals surface area (Å²) in [5.74, 6) is 2.19. The molecule has 1 aromatic carbocycles. The number of hydrogen-bond donors (Lipinski definition) is 1. The molecule has 0 radical (unpaired) electrons. The van der Waals surface area contributed by atoms with E-state index in [9.17, 15) is 4.39 Å². The van der Waals surface area contributed by atoms with Gasteiger partial charge in [0.05, 0.1) is 0 Å². The molecule has 0 spiro atoms. The summed E-state index contributed by atoms with van der Waals surface area (Å²) >= 11 is 0. The molecule has 0 aromatic heterocycles. The van der Waals surface area contributed by atoms with Gasteiger partial charge in [-0.2, -0.15) is 0 Å². The van der Waals surface area contributed by atoms with Crippen molar-refractivity contribution in [3.05, 3.63) is 47.8 Å². The van der Waals surface area contributed by atoms with E-state index in [4.69, 9.17) is 0 Å². The Morgan fingerprint density at radius 1 is 1.11 bits per heavy atom. The van der Waals surface area contributed by atoms with Crippen molar-refractivity contribution in [1.29, 1.82) is 0 Å². The van der Waals surface area contributed by atoms with Gasteiger partial charge in [-0.3, -0.25) is 0 Å². The summed E-state index contributed by atoms with van der Waals surface area (Å²) in [5.41, 5.74) is 1.16. The molecule has 102 valence electrons. The molecule has 0 heterocycles. The van der Waals surface area contributed by atoms with Gasteiger partial charge in [0.1, 0.15) is 5.82 Å². The molecule has 0 amide bonds. The van der Waals surface area contributed by atoms with Gasteiger partial charge in [0.25, 0.3) is 0 Å². The van der Waals surface area contributed by atoms with Gasteiger partial charge in [0, 0.05) is 12.1 Å². The van der Waals surface area contributed by atoms with Crippen LogP contribution in [-0.2, 0) is 0 Å². The van der Waals surface area contributed by atoms with Crippen molar-refractivity contribution in [2.45, 2.75) is 38.8 Å². The molecule has 2 aliphatic rings. The standard InChI is InChI=1S/C17H22FN/c1-11(14-5-7-16(18)8-6-14)19-12(2)17-10-13-3-4-15(17)9-13/h3-8,11-13,15,17,19H,9-10H2,1-2H3. The Balaban J connectivity index is 1.61. The number of nitrogens with one attached hydrogen (secondary N) is 1. The molecule has 19 heavy (non-hydrogen) atoms. The maximum Gasteiger partial charge on any atom is 0.123 e. The second-order valence-electron chi connectivity index (χ2n) is 6.17. The summed E-state index contributed by atoms with van der Waals surface area (Å²) in [6.45, 7) is 4.45. The molecule has 2 aliphatic carbocycles. The molecule has 0 aliphatic heterocycles. The molecular formula is C17H22FN. The number of rotatable bonds is 4. The van der Waals surface area contributed by atoms with Crippen molar-refractivity contribution in [2.24, 2.45) is 17.8 Å². The van der Waals surface area contributed by atoms with Crippen LogP contribution < -0.4 is 5.32 Å². The topological polar surface area (TPSA) is 12.0 Å². The van der Waals surface area contributed by atoms with E-state index in [1.54, 1.807) is 12.1 Å². The minimum Gasteiger partial charge on any atom is -0.307 e. The van der Waals surface area contributed by atoms with Gasteiger partial charge in [0.2, 0.25) is 0 Å². The van der Waals surface area contributed by atoms with E-state index in [0.717, 1.165) is 23.3 Å². The Morgan fingerprint density at radius 3 is 2.42 bits per heavy atom. The molecule has 2 heteroatoms. The average molecular weight is 259 g/mol. The molecule has 1 nitrogen and oxygen atoms in total. The highest BCUT2D eigenvalue weighted by molar-refractivity contribution is 5.20.